The number of anilines is 1. The maximum atomic E-state index is 5.33. The summed E-state index contributed by atoms with van der Waals surface area (Å²) >= 11 is 1.71. The molecule has 2 heterocycles. The molecule has 15 heavy (non-hydrogen) atoms. The van der Waals surface area contributed by atoms with E-state index < -0.39 is 0 Å². The Labute approximate surface area is 94.9 Å². The third kappa shape index (κ3) is 3.18. The Kier molecular flexibility index (Phi) is 3.97. The summed E-state index contributed by atoms with van der Waals surface area (Å²) in [5, 5.41) is 6.62. The van der Waals surface area contributed by atoms with Crippen LogP contribution in [0.15, 0.2) is 5.38 Å². The van der Waals surface area contributed by atoms with Crippen molar-refractivity contribution < 1.29 is 4.74 Å². The minimum Gasteiger partial charge on any atom is -0.381 e. The fourth-order valence-electron chi connectivity index (χ4n) is 1.73. The molecule has 0 amide bonds. The van der Waals surface area contributed by atoms with Crippen LogP contribution in [-0.4, -0.2) is 24.7 Å². The van der Waals surface area contributed by atoms with Crippen molar-refractivity contribution in [2.75, 3.05) is 25.1 Å². The molecule has 2 rings (SSSR count). The zero-order valence-electron chi connectivity index (χ0n) is 9.16. The van der Waals surface area contributed by atoms with E-state index in [-0.39, 0.29) is 0 Å². The van der Waals surface area contributed by atoms with Gasteiger partial charge in [-0.3, -0.25) is 0 Å². The molecule has 3 nitrogen and oxygen atoms in total. The van der Waals surface area contributed by atoms with Crippen LogP contribution in [-0.2, 0) is 11.2 Å². The molecule has 1 aliphatic heterocycles. The number of hydrogen-bond donors (Lipinski definition) is 1. The van der Waals surface area contributed by atoms with Crippen molar-refractivity contribution in [2.24, 2.45) is 5.92 Å². The Bertz CT molecular complexity index is 295. The van der Waals surface area contributed by atoms with Gasteiger partial charge in [-0.25, -0.2) is 4.98 Å². The normalized spacial score (nSPS) is 17.9. The van der Waals surface area contributed by atoms with E-state index in [9.17, 15) is 0 Å². The lowest BCUT2D eigenvalue weighted by Gasteiger charge is -2.21. The number of hydrogen-bond acceptors (Lipinski definition) is 4. The van der Waals surface area contributed by atoms with Gasteiger partial charge in [-0.2, -0.15) is 0 Å². The van der Waals surface area contributed by atoms with Crippen LogP contribution in [0.2, 0.25) is 0 Å². The predicted octanol–water partition coefficient (Wildman–Crippen LogP) is 2.54. The number of ether oxygens (including phenoxy) is 1. The molecule has 0 radical (unpaired) electrons. The fourth-order valence-corrected chi connectivity index (χ4v) is 2.54. The first-order valence-electron chi connectivity index (χ1n) is 5.64. The van der Waals surface area contributed by atoms with E-state index in [0.717, 1.165) is 37.2 Å². The average Bonchev–Trinajstić information content (AvgIpc) is 2.76. The van der Waals surface area contributed by atoms with Crippen molar-refractivity contribution in [1.82, 2.24) is 4.98 Å². The summed E-state index contributed by atoms with van der Waals surface area (Å²) in [5.74, 6) is 0.757. The van der Waals surface area contributed by atoms with E-state index in [2.05, 4.69) is 22.6 Å². The van der Waals surface area contributed by atoms with Gasteiger partial charge in [0.05, 0.1) is 5.69 Å². The molecule has 4 heteroatoms. The summed E-state index contributed by atoms with van der Waals surface area (Å²) in [6.45, 7) is 5.02. The van der Waals surface area contributed by atoms with Crippen LogP contribution in [0.1, 0.15) is 25.5 Å². The standard InChI is InChI=1S/C11H18N2OS/c1-2-10-8-15-11(13-10)12-7-9-3-5-14-6-4-9/h8-9H,2-7H2,1H3,(H,12,13). The molecule has 1 N–H and O–H groups in total. The fraction of sp³-hybridized carbons (Fsp3) is 0.727. The molecule has 0 saturated carbocycles. The quantitative estimate of drug-likeness (QED) is 0.856. The molecule has 1 aromatic heterocycles. The van der Waals surface area contributed by atoms with Crippen molar-refractivity contribution in [1.29, 1.82) is 0 Å². The summed E-state index contributed by atoms with van der Waals surface area (Å²) in [6, 6.07) is 0. The van der Waals surface area contributed by atoms with E-state index >= 15 is 0 Å². The SMILES string of the molecule is CCc1csc(NCC2CCOCC2)n1. The van der Waals surface area contributed by atoms with Crippen molar-refractivity contribution in [3.05, 3.63) is 11.1 Å². The lowest BCUT2D eigenvalue weighted by Crippen LogP contribution is -2.22. The highest BCUT2D eigenvalue weighted by molar-refractivity contribution is 7.13. The van der Waals surface area contributed by atoms with Gasteiger partial charge in [-0.15, -0.1) is 11.3 Å². The van der Waals surface area contributed by atoms with Gasteiger partial charge in [0.25, 0.3) is 0 Å². The third-order valence-electron chi connectivity index (χ3n) is 2.80. The van der Waals surface area contributed by atoms with E-state index in [1.807, 2.05) is 0 Å². The summed E-state index contributed by atoms with van der Waals surface area (Å²) < 4.78 is 5.33. The van der Waals surface area contributed by atoms with Crippen molar-refractivity contribution >= 4 is 16.5 Å². The Balaban J connectivity index is 1.76. The zero-order chi connectivity index (χ0) is 10.5. The second-order valence-corrected chi connectivity index (χ2v) is 4.79. The molecule has 0 unspecified atom stereocenters. The molecule has 0 aromatic carbocycles. The van der Waals surface area contributed by atoms with E-state index in [4.69, 9.17) is 4.74 Å². The van der Waals surface area contributed by atoms with Gasteiger partial charge in [0.15, 0.2) is 5.13 Å². The average molecular weight is 226 g/mol. The first-order valence-corrected chi connectivity index (χ1v) is 6.52. The van der Waals surface area contributed by atoms with Gasteiger partial charge in [0, 0.05) is 25.1 Å². The molecule has 1 aliphatic rings. The van der Waals surface area contributed by atoms with Crippen LogP contribution in [0.5, 0.6) is 0 Å². The van der Waals surface area contributed by atoms with E-state index in [1.165, 1.54) is 18.5 Å². The Hall–Kier alpha value is -0.610. The van der Waals surface area contributed by atoms with Crippen LogP contribution in [0.3, 0.4) is 0 Å². The van der Waals surface area contributed by atoms with Gasteiger partial charge in [-0.1, -0.05) is 6.92 Å². The Morgan fingerprint density at radius 2 is 2.33 bits per heavy atom. The largest absolute Gasteiger partial charge is 0.381 e. The zero-order valence-corrected chi connectivity index (χ0v) is 9.98. The van der Waals surface area contributed by atoms with Gasteiger partial charge in [0.1, 0.15) is 0 Å². The maximum absolute atomic E-state index is 5.33. The molecule has 84 valence electrons. The Morgan fingerprint density at radius 3 is 3.00 bits per heavy atom. The molecule has 0 aliphatic carbocycles. The maximum Gasteiger partial charge on any atom is 0.182 e. The first-order chi connectivity index (χ1) is 7.38. The number of nitrogens with zero attached hydrogens (tertiary/aromatic N) is 1. The highest BCUT2D eigenvalue weighted by Gasteiger charge is 2.13. The molecule has 1 fully saturated rings. The molecule has 0 atom stereocenters. The van der Waals surface area contributed by atoms with Crippen LogP contribution < -0.4 is 5.32 Å². The number of rotatable bonds is 4. The second kappa shape index (κ2) is 5.47. The lowest BCUT2D eigenvalue weighted by atomic mass is 10.0. The molecule has 0 bridgehead atoms. The lowest BCUT2D eigenvalue weighted by molar-refractivity contribution is 0.0699. The van der Waals surface area contributed by atoms with Gasteiger partial charge >= 0.3 is 0 Å². The molecule has 1 aromatic rings. The number of nitrogens with one attached hydrogen (secondary N) is 1. The molecule has 0 spiro atoms. The molecule has 1 saturated heterocycles. The van der Waals surface area contributed by atoms with Crippen LogP contribution in [0.4, 0.5) is 5.13 Å². The van der Waals surface area contributed by atoms with Crippen molar-refractivity contribution in [2.45, 2.75) is 26.2 Å². The number of thiazole rings is 1. The minimum absolute atomic E-state index is 0.757. The van der Waals surface area contributed by atoms with Gasteiger partial charge in [-0.05, 0) is 25.2 Å². The van der Waals surface area contributed by atoms with E-state index in [0.29, 0.717) is 0 Å². The first kappa shape index (κ1) is 10.9. The smallest absolute Gasteiger partial charge is 0.182 e. The summed E-state index contributed by atoms with van der Waals surface area (Å²) in [6.07, 6.45) is 3.38. The predicted molar refractivity (Wildman–Crippen MR) is 63.5 cm³/mol. The number of aryl methyl sites for hydroxylation is 1. The summed E-state index contributed by atoms with van der Waals surface area (Å²) in [5.41, 5.74) is 1.19. The second-order valence-electron chi connectivity index (χ2n) is 3.93. The van der Waals surface area contributed by atoms with Crippen LogP contribution in [0.25, 0.3) is 0 Å². The van der Waals surface area contributed by atoms with Crippen molar-refractivity contribution in [3.8, 4) is 0 Å². The third-order valence-corrected chi connectivity index (χ3v) is 3.65. The summed E-state index contributed by atoms with van der Waals surface area (Å²) in [4.78, 5) is 4.49. The highest BCUT2D eigenvalue weighted by atomic mass is 32.1. The number of aromatic nitrogens is 1. The monoisotopic (exact) mass is 226 g/mol. The van der Waals surface area contributed by atoms with E-state index in [1.54, 1.807) is 11.3 Å². The summed E-state index contributed by atoms with van der Waals surface area (Å²) in [7, 11) is 0. The van der Waals surface area contributed by atoms with Crippen LogP contribution in [0, 0.1) is 5.92 Å². The Morgan fingerprint density at radius 1 is 1.53 bits per heavy atom. The van der Waals surface area contributed by atoms with Gasteiger partial charge in [0.2, 0.25) is 0 Å². The highest BCUT2D eigenvalue weighted by Crippen LogP contribution is 2.19. The van der Waals surface area contributed by atoms with Crippen molar-refractivity contribution in [3.63, 3.8) is 0 Å². The molecular weight excluding hydrogens is 208 g/mol. The molecular formula is C11H18N2OS. The van der Waals surface area contributed by atoms with Gasteiger partial charge < -0.3 is 10.1 Å². The van der Waals surface area contributed by atoms with Crippen LogP contribution >= 0.6 is 11.3 Å². The topological polar surface area (TPSA) is 34.1 Å². The minimum atomic E-state index is 0.757.